The topological polar surface area (TPSA) is 18.5 Å². The van der Waals surface area contributed by atoms with E-state index in [2.05, 4.69) is 41.5 Å². The highest BCUT2D eigenvalue weighted by molar-refractivity contribution is 5.20. The van der Waals surface area contributed by atoms with Crippen molar-refractivity contribution < 1.29 is 9.78 Å². The fraction of sp³-hybridized carbons (Fsp3) is 0.625. The van der Waals surface area contributed by atoms with Crippen LogP contribution in [0.25, 0.3) is 0 Å². The second-order valence-corrected chi connectivity index (χ2v) is 6.10. The molecule has 0 amide bonds. The Kier molecular flexibility index (Phi) is 5.21. The average Bonchev–Trinajstić information content (AvgIpc) is 2.26. The van der Waals surface area contributed by atoms with Crippen LogP contribution < -0.4 is 4.89 Å². The van der Waals surface area contributed by atoms with Crippen molar-refractivity contribution >= 4 is 0 Å². The molecule has 0 unspecified atom stereocenters. The lowest BCUT2D eigenvalue weighted by Gasteiger charge is -2.38. The molecule has 0 aromatic heterocycles. The summed E-state index contributed by atoms with van der Waals surface area (Å²) in [6.45, 7) is 13.1. The maximum Gasteiger partial charge on any atom is 0.165 e. The van der Waals surface area contributed by atoms with Crippen LogP contribution in [0, 0.1) is 17.8 Å². The molecule has 0 saturated carbocycles. The summed E-state index contributed by atoms with van der Waals surface area (Å²) in [4.78, 5) is 11.2. The Morgan fingerprint density at radius 2 is 1.39 bits per heavy atom. The number of benzene rings is 1. The molecule has 2 nitrogen and oxygen atoms in total. The first kappa shape index (κ1) is 15.0. The van der Waals surface area contributed by atoms with Crippen LogP contribution >= 0.6 is 0 Å². The summed E-state index contributed by atoms with van der Waals surface area (Å²) in [7, 11) is 0. The van der Waals surface area contributed by atoms with Gasteiger partial charge in [0.1, 0.15) is 5.60 Å². The minimum absolute atomic E-state index is 0.307. The van der Waals surface area contributed by atoms with E-state index in [4.69, 9.17) is 9.78 Å². The van der Waals surface area contributed by atoms with E-state index in [0.717, 1.165) is 5.75 Å². The Morgan fingerprint density at radius 1 is 0.889 bits per heavy atom. The van der Waals surface area contributed by atoms with Gasteiger partial charge >= 0.3 is 0 Å². The second kappa shape index (κ2) is 6.24. The van der Waals surface area contributed by atoms with Crippen LogP contribution in [-0.2, 0) is 4.89 Å². The lowest BCUT2D eigenvalue weighted by Crippen LogP contribution is -2.41. The van der Waals surface area contributed by atoms with Gasteiger partial charge in [0.25, 0.3) is 0 Å². The maximum atomic E-state index is 5.70. The van der Waals surface area contributed by atoms with E-state index in [1.54, 1.807) is 0 Å². The Hall–Kier alpha value is -1.02. The van der Waals surface area contributed by atoms with Crippen molar-refractivity contribution in [2.45, 2.75) is 47.1 Å². The van der Waals surface area contributed by atoms with Crippen LogP contribution in [0.4, 0.5) is 0 Å². The van der Waals surface area contributed by atoms with Gasteiger partial charge in [0, 0.05) is 0 Å². The lowest BCUT2D eigenvalue weighted by molar-refractivity contribution is -0.304. The van der Waals surface area contributed by atoms with E-state index in [9.17, 15) is 0 Å². The zero-order valence-corrected chi connectivity index (χ0v) is 12.4. The minimum Gasteiger partial charge on any atom is -0.337 e. The van der Waals surface area contributed by atoms with E-state index in [0.29, 0.717) is 17.8 Å². The van der Waals surface area contributed by atoms with Crippen molar-refractivity contribution in [3.8, 4) is 5.75 Å². The van der Waals surface area contributed by atoms with Gasteiger partial charge in [-0.05, 0) is 43.7 Å². The fourth-order valence-corrected chi connectivity index (χ4v) is 3.06. The Morgan fingerprint density at radius 3 is 1.83 bits per heavy atom. The summed E-state index contributed by atoms with van der Waals surface area (Å²) >= 11 is 0. The average molecular weight is 250 g/mol. The van der Waals surface area contributed by atoms with E-state index in [1.807, 2.05) is 30.3 Å². The Bertz CT molecular complexity index is 333. The van der Waals surface area contributed by atoms with Gasteiger partial charge in [-0.2, -0.15) is 4.89 Å². The van der Waals surface area contributed by atoms with Crippen LogP contribution in [-0.4, -0.2) is 5.60 Å². The fourth-order valence-electron chi connectivity index (χ4n) is 3.06. The number of para-hydroxylation sites is 1. The quantitative estimate of drug-likeness (QED) is 0.538. The van der Waals surface area contributed by atoms with E-state index >= 15 is 0 Å². The van der Waals surface area contributed by atoms with E-state index in [-0.39, 0.29) is 5.60 Å². The summed E-state index contributed by atoms with van der Waals surface area (Å²) in [5, 5.41) is 0. The summed E-state index contributed by atoms with van der Waals surface area (Å²) in [5.74, 6) is 2.30. The third-order valence-electron chi connectivity index (χ3n) is 3.34. The number of hydrogen-bond acceptors (Lipinski definition) is 2. The van der Waals surface area contributed by atoms with E-state index in [1.165, 1.54) is 0 Å². The molecule has 0 heterocycles. The third kappa shape index (κ3) is 4.02. The van der Waals surface area contributed by atoms with Gasteiger partial charge in [0.15, 0.2) is 5.75 Å². The molecule has 0 aliphatic carbocycles. The molecule has 18 heavy (non-hydrogen) atoms. The summed E-state index contributed by atoms with van der Waals surface area (Å²) in [5.41, 5.74) is -0.307. The van der Waals surface area contributed by atoms with Crippen LogP contribution in [0.5, 0.6) is 5.75 Å². The van der Waals surface area contributed by atoms with E-state index < -0.39 is 0 Å². The lowest BCUT2D eigenvalue weighted by atomic mass is 9.75. The van der Waals surface area contributed by atoms with Gasteiger partial charge in [-0.1, -0.05) is 45.9 Å². The van der Waals surface area contributed by atoms with Crippen LogP contribution in [0.1, 0.15) is 41.5 Å². The first-order chi connectivity index (χ1) is 8.34. The molecule has 0 bridgehead atoms. The van der Waals surface area contributed by atoms with Gasteiger partial charge in [0.2, 0.25) is 0 Å². The highest BCUT2D eigenvalue weighted by atomic mass is 17.2. The molecule has 1 aromatic rings. The standard InChI is InChI=1S/C16H26O2/c1-12(2)15(13(3)4)16(5,6)18-17-14-10-8-7-9-11-14/h7-13,15H,1-6H3. The largest absolute Gasteiger partial charge is 0.337 e. The molecule has 0 radical (unpaired) electrons. The van der Waals surface area contributed by atoms with Crippen molar-refractivity contribution in [1.29, 1.82) is 0 Å². The van der Waals surface area contributed by atoms with Gasteiger partial charge in [-0.3, -0.25) is 0 Å². The van der Waals surface area contributed by atoms with Crippen LogP contribution in [0.3, 0.4) is 0 Å². The molecule has 0 atom stereocenters. The third-order valence-corrected chi connectivity index (χ3v) is 3.34. The Labute approximate surface area is 111 Å². The highest BCUT2D eigenvalue weighted by Crippen LogP contribution is 2.34. The Balaban J connectivity index is 2.68. The number of rotatable bonds is 6. The molecular formula is C16H26O2. The molecule has 1 rings (SSSR count). The SMILES string of the molecule is CC(C)C(C(C)C)C(C)(C)OOc1ccccc1. The smallest absolute Gasteiger partial charge is 0.165 e. The number of hydrogen-bond donors (Lipinski definition) is 0. The molecule has 102 valence electrons. The summed E-state index contributed by atoms with van der Waals surface area (Å²) in [6, 6.07) is 9.64. The van der Waals surface area contributed by atoms with Gasteiger partial charge in [0.05, 0.1) is 0 Å². The maximum absolute atomic E-state index is 5.70. The molecule has 1 aromatic carbocycles. The zero-order valence-electron chi connectivity index (χ0n) is 12.4. The zero-order chi connectivity index (χ0) is 13.8. The normalized spacial score (nSPS) is 12.5. The molecular weight excluding hydrogens is 224 g/mol. The van der Waals surface area contributed by atoms with Crippen molar-refractivity contribution in [3.63, 3.8) is 0 Å². The predicted octanol–water partition coefficient (Wildman–Crippen LogP) is 4.70. The van der Waals surface area contributed by atoms with Gasteiger partial charge in [-0.25, -0.2) is 0 Å². The second-order valence-electron chi connectivity index (χ2n) is 6.10. The van der Waals surface area contributed by atoms with Crippen LogP contribution in [0.15, 0.2) is 30.3 Å². The minimum atomic E-state index is -0.307. The summed E-state index contributed by atoms with van der Waals surface area (Å²) in [6.07, 6.45) is 0. The molecule has 0 spiro atoms. The van der Waals surface area contributed by atoms with Crippen LogP contribution in [0.2, 0.25) is 0 Å². The molecule has 0 aliphatic rings. The first-order valence-electron chi connectivity index (χ1n) is 6.75. The molecule has 0 saturated heterocycles. The molecule has 0 fully saturated rings. The van der Waals surface area contributed by atoms with Crippen molar-refractivity contribution in [2.24, 2.45) is 17.8 Å². The van der Waals surface area contributed by atoms with Crippen molar-refractivity contribution in [2.75, 3.05) is 0 Å². The molecule has 0 N–H and O–H groups in total. The molecule has 2 heteroatoms. The molecule has 0 aliphatic heterocycles. The predicted molar refractivity (Wildman–Crippen MR) is 75.4 cm³/mol. The van der Waals surface area contributed by atoms with Crippen molar-refractivity contribution in [1.82, 2.24) is 0 Å². The van der Waals surface area contributed by atoms with Gasteiger partial charge < -0.3 is 4.89 Å². The summed E-state index contributed by atoms with van der Waals surface area (Å²) < 4.78 is 0. The first-order valence-corrected chi connectivity index (χ1v) is 6.75. The highest BCUT2D eigenvalue weighted by Gasteiger charge is 2.36. The van der Waals surface area contributed by atoms with Gasteiger partial charge in [-0.15, -0.1) is 0 Å². The van der Waals surface area contributed by atoms with Crippen molar-refractivity contribution in [3.05, 3.63) is 30.3 Å². The monoisotopic (exact) mass is 250 g/mol.